The van der Waals surface area contributed by atoms with Crippen molar-refractivity contribution in [3.63, 3.8) is 0 Å². The van der Waals surface area contributed by atoms with E-state index >= 15 is 0 Å². The Bertz CT molecular complexity index is 885. The van der Waals surface area contributed by atoms with Gasteiger partial charge in [-0.2, -0.15) is 5.10 Å². The molecule has 3 aromatic heterocycles. The van der Waals surface area contributed by atoms with E-state index in [2.05, 4.69) is 33.1 Å². The number of anilines is 1. The van der Waals surface area contributed by atoms with E-state index in [0.717, 1.165) is 44.0 Å². The van der Waals surface area contributed by atoms with Gasteiger partial charge in [-0.25, -0.2) is 9.97 Å². The molecular weight excluding hydrogens is 318 g/mol. The van der Waals surface area contributed by atoms with Crippen molar-refractivity contribution in [1.82, 2.24) is 20.2 Å². The van der Waals surface area contributed by atoms with Crippen molar-refractivity contribution >= 4 is 17.6 Å². The van der Waals surface area contributed by atoms with Gasteiger partial charge >= 0.3 is 0 Å². The molecule has 6 heteroatoms. The van der Waals surface area contributed by atoms with E-state index in [0.29, 0.717) is 0 Å². The van der Waals surface area contributed by atoms with Crippen LogP contribution in [-0.2, 0) is 0 Å². The molecule has 0 spiro atoms. The van der Waals surface area contributed by atoms with Gasteiger partial charge in [0.25, 0.3) is 0 Å². The molecule has 2 N–H and O–H groups in total. The summed E-state index contributed by atoms with van der Waals surface area (Å²) in [7, 11) is 0. The quantitative estimate of drug-likeness (QED) is 0.673. The van der Waals surface area contributed by atoms with Crippen LogP contribution in [-0.4, -0.2) is 20.2 Å². The molecule has 0 aliphatic heterocycles. The van der Waals surface area contributed by atoms with Gasteiger partial charge in [-0.3, -0.25) is 5.10 Å². The van der Waals surface area contributed by atoms with Gasteiger partial charge in [0.15, 0.2) is 0 Å². The third-order valence-corrected chi connectivity index (χ3v) is 4.51. The zero-order valence-corrected chi connectivity index (χ0v) is 14.7. The van der Waals surface area contributed by atoms with Gasteiger partial charge < -0.3 is 5.32 Å². The summed E-state index contributed by atoms with van der Waals surface area (Å²) in [5.41, 5.74) is 5.16. The van der Waals surface area contributed by atoms with Crippen molar-refractivity contribution in [3.8, 4) is 11.3 Å². The van der Waals surface area contributed by atoms with Crippen LogP contribution in [0, 0.1) is 20.8 Å². The van der Waals surface area contributed by atoms with Crippen LogP contribution in [0.15, 0.2) is 53.3 Å². The molecule has 3 aromatic rings. The lowest BCUT2D eigenvalue weighted by Crippen LogP contribution is -1.99. The topological polar surface area (TPSA) is 66.5 Å². The molecule has 0 amide bonds. The summed E-state index contributed by atoms with van der Waals surface area (Å²) in [5.74, 6) is 0.784. The van der Waals surface area contributed by atoms with Crippen molar-refractivity contribution in [3.05, 3.63) is 65.1 Å². The highest BCUT2D eigenvalue weighted by Crippen LogP contribution is 2.30. The molecule has 3 heterocycles. The summed E-state index contributed by atoms with van der Waals surface area (Å²) < 4.78 is 0. The third-order valence-electron chi connectivity index (χ3n) is 3.56. The Morgan fingerprint density at radius 2 is 2.04 bits per heavy atom. The standard InChI is InChI=1S/C18H19N5S/c1-11-7-8-19-17(9-11)21-14(4)24-18-12(2)5-6-16(22-18)15-10-20-23-13(15)3/h5-10H,4H2,1-3H3,(H,19,21)(H,20,23). The Morgan fingerprint density at radius 1 is 1.21 bits per heavy atom. The Labute approximate surface area is 145 Å². The fourth-order valence-corrected chi connectivity index (χ4v) is 3.02. The molecule has 0 aliphatic carbocycles. The second kappa shape index (κ2) is 6.88. The lowest BCUT2D eigenvalue weighted by molar-refractivity contribution is 1.05. The molecule has 122 valence electrons. The smallest absolute Gasteiger partial charge is 0.130 e. The molecule has 0 fully saturated rings. The van der Waals surface area contributed by atoms with E-state index in [1.807, 2.05) is 39.0 Å². The molecular formula is C18H19N5S. The highest BCUT2D eigenvalue weighted by atomic mass is 32.2. The summed E-state index contributed by atoms with van der Waals surface area (Å²) in [6.07, 6.45) is 3.58. The number of hydrogen-bond acceptors (Lipinski definition) is 5. The van der Waals surface area contributed by atoms with Gasteiger partial charge in [-0.05, 0) is 50.1 Å². The minimum atomic E-state index is 0.782. The van der Waals surface area contributed by atoms with E-state index in [4.69, 9.17) is 4.98 Å². The van der Waals surface area contributed by atoms with Gasteiger partial charge in [0.1, 0.15) is 10.8 Å². The molecule has 0 aromatic carbocycles. The van der Waals surface area contributed by atoms with Crippen molar-refractivity contribution < 1.29 is 0 Å². The van der Waals surface area contributed by atoms with E-state index < -0.39 is 0 Å². The van der Waals surface area contributed by atoms with Gasteiger partial charge in [0.2, 0.25) is 0 Å². The Hall–Kier alpha value is -2.60. The number of nitrogens with zero attached hydrogens (tertiary/aromatic N) is 3. The number of aryl methyl sites for hydroxylation is 3. The number of rotatable bonds is 5. The Morgan fingerprint density at radius 3 is 2.75 bits per heavy atom. The maximum Gasteiger partial charge on any atom is 0.130 e. The van der Waals surface area contributed by atoms with E-state index in [-0.39, 0.29) is 0 Å². The number of thioether (sulfide) groups is 1. The minimum Gasteiger partial charge on any atom is -0.335 e. The van der Waals surface area contributed by atoms with Gasteiger partial charge in [0.05, 0.1) is 16.9 Å². The average Bonchev–Trinajstić information content (AvgIpc) is 2.95. The minimum absolute atomic E-state index is 0.782. The molecule has 5 nitrogen and oxygen atoms in total. The van der Waals surface area contributed by atoms with Crippen LogP contribution in [0.5, 0.6) is 0 Å². The molecule has 0 radical (unpaired) electrons. The number of hydrogen-bond donors (Lipinski definition) is 2. The molecule has 24 heavy (non-hydrogen) atoms. The molecule has 0 atom stereocenters. The predicted octanol–water partition coefficient (Wildman–Crippen LogP) is 4.47. The molecule has 3 rings (SSSR count). The zero-order valence-electron chi connectivity index (χ0n) is 13.9. The second-order valence-electron chi connectivity index (χ2n) is 5.60. The van der Waals surface area contributed by atoms with Gasteiger partial charge in [-0.15, -0.1) is 0 Å². The summed E-state index contributed by atoms with van der Waals surface area (Å²) in [6, 6.07) is 8.02. The summed E-state index contributed by atoms with van der Waals surface area (Å²) in [4.78, 5) is 9.05. The van der Waals surface area contributed by atoms with Crippen LogP contribution >= 0.6 is 11.8 Å². The summed E-state index contributed by atoms with van der Waals surface area (Å²) in [5, 5.41) is 11.9. The van der Waals surface area contributed by atoms with Crippen LogP contribution in [0.3, 0.4) is 0 Å². The Balaban J connectivity index is 1.79. The average molecular weight is 337 g/mol. The van der Waals surface area contributed by atoms with Crippen LogP contribution in [0.4, 0.5) is 5.82 Å². The first-order valence-electron chi connectivity index (χ1n) is 7.57. The third kappa shape index (κ3) is 3.65. The first kappa shape index (κ1) is 16.3. The maximum atomic E-state index is 4.76. The first-order valence-corrected chi connectivity index (χ1v) is 8.39. The molecule has 0 aliphatic rings. The molecule has 0 saturated heterocycles. The number of H-pyrrole nitrogens is 1. The molecule has 0 saturated carbocycles. The zero-order chi connectivity index (χ0) is 17.1. The fourth-order valence-electron chi connectivity index (χ4n) is 2.26. The highest BCUT2D eigenvalue weighted by molar-refractivity contribution is 8.03. The Kier molecular flexibility index (Phi) is 4.66. The predicted molar refractivity (Wildman–Crippen MR) is 98.9 cm³/mol. The van der Waals surface area contributed by atoms with Crippen LogP contribution < -0.4 is 5.32 Å². The second-order valence-corrected chi connectivity index (χ2v) is 6.68. The lowest BCUT2D eigenvalue weighted by atomic mass is 10.1. The van der Waals surface area contributed by atoms with Gasteiger partial charge in [-0.1, -0.05) is 24.4 Å². The van der Waals surface area contributed by atoms with Crippen LogP contribution in [0.1, 0.15) is 16.8 Å². The fraction of sp³-hybridized carbons (Fsp3) is 0.167. The van der Waals surface area contributed by atoms with Crippen LogP contribution in [0.25, 0.3) is 11.3 Å². The monoisotopic (exact) mass is 337 g/mol. The van der Waals surface area contributed by atoms with Crippen molar-refractivity contribution in [1.29, 1.82) is 0 Å². The normalized spacial score (nSPS) is 10.6. The summed E-state index contributed by atoms with van der Waals surface area (Å²) >= 11 is 1.50. The molecule has 0 bridgehead atoms. The SMILES string of the molecule is C=C(Nc1cc(C)ccn1)Sc1nc(-c2cn[nH]c2C)ccc1C. The van der Waals surface area contributed by atoms with Gasteiger partial charge in [0, 0.05) is 17.5 Å². The maximum absolute atomic E-state index is 4.76. The lowest BCUT2D eigenvalue weighted by Gasteiger charge is -2.11. The number of aromatic nitrogens is 4. The largest absolute Gasteiger partial charge is 0.335 e. The number of nitrogens with one attached hydrogen (secondary N) is 2. The summed E-state index contributed by atoms with van der Waals surface area (Å²) in [6.45, 7) is 10.1. The van der Waals surface area contributed by atoms with Crippen molar-refractivity contribution in [2.45, 2.75) is 25.8 Å². The van der Waals surface area contributed by atoms with Crippen LogP contribution in [0.2, 0.25) is 0 Å². The first-order chi connectivity index (χ1) is 11.5. The highest BCUT2D eigenvalue weighted by Gasteiger charge is 2.10. The van der Waals surface area contributed by atoms with Crippen molar-refractivity contribution in [2.75, 3.05) is 5.32 Å². The van der Waals surface area contributed by atoms with Crippen molar-refractivity contribution in [2.24, 2.45) is 0 Å². The number of pyridine rings is 2. The van der Waals surface area contributed by atoms with E-state index in [1.54, 1.807) is 12.4 Å². The number of aromatic amines is 1. The van der Waals surface area contributed by atoms with E-state index in [9.17, 15) is 0 Å². The molecule has 0 unspecified atom stereocenters. The van der Waals surface area contributed by atoms with E-state index in [1.165, 1.54) is 11.8 Å².